The first-order chi connectivity index (χ1) is 10.1. The molecule has 2 rings (SSSR count). The molecule has 1 aromatic carbocycles. The Morgan fingerprint density at radius 1 is 1.29 bits per heavy atom. The Labute approximate surface area is 122 Å². The van der Waals surface area contributed by atoms with Crippen molar-refractivity contribution in [3.05, 3.63) is 59.4 Å². The first-order valence-electron chi connectivity index (χ1n) is 6.59. The van der Waals surface area contributed by atoms with Crippen LogP contribution in [0.3, 0.4) is 0 Å². The zero-order valence-corrected chi connectivity index (χ0v) is 11.7. The molecule has 0 saturated carbocycles. The Kier molecular flexibility index (Phi) is 4.66. The van der Waals surface area contributed by atoms with Gasteiger partial charge < -0.3 is 10.4 Å². The van der Waals surface area contributed by atoms with E-state index >= 15 is 0 Å². The Morgan fingerprint density at radius 2 is 2.10 bits per heavy atom. The molecule has 2 N–H and O–H groups in total. The van der Waals surface area contributed by atoms with Crippen molar-refractivity contribution in [2.24, 2.45) is 0 Å². The SMILES string of the molecule is Cc1cc(NC(=O)CCc2cccnc2)ccc1C(=O)O. The number of rotatable bonds is 5. The number of carboxylic acid groups (broad SMARTS) is 1. The fourth-order valence-electron chi connectivity index (χ4n) is 2.01. The van der Waals surface area contributed by atoms with Gasteiger partial charge in [-0.15, -0.1) is 0 Å². The van der Waals surface area contributed by atoms with Gasteiger partial charge in [0.05, 0.1) is 5.56 Å². The number of aromatic nitrogens is 1. The maximum Gasteiger partial charge on any atom is 0.335 e. The summed E-state index contributed by atoms with van der Waals surface area (Å²) in [6.45, 7) is 1.70. The quantitative estimate of drug-likeness (QED) is 0.884. The van der Waals surface area contributed by atoms with Crippen LogP contribution in [0.5, 0.6) is 0 Å². The van der Waals surface area contributed by atoms with E-state index in [1.165, 1.54) is 6.07 Å². The highest BCUT2D eigenvalue weighted by atomic mass is 16.4. The van der Waals surface area contributed by atoms with Gasteiger partial charge in [0.2, 0.25) is 5.91 Å². The fraction of sp³-hybridized carbons (Fsp3) is 0.188. The van der Waals surface area contributed by atoms with Crippen LogP contribution in [0.1, 0.15) is 27.9 Å². The summed E-state index contributed by atoms with van der Waals surface area (Å²) in [6.07, 6.45) is 4.40. The lowest BCUT2D eigenvalue weighted by molar-refractivity contribution is -0.116. The molecule has 0 radical (unpaired) electrons. The van der Waals surface area contributed by atoms with Gasteiger partial charge in [-0.05, 0) is 48.7 Å². The molecule has 0 fully saturated rings. The maximum absolute atomic E-state index is 11.9. The molecule has 108 valence electrons. The van der Waals surface area contributed by atoms with Crippen LogP contribution in [0.2, 0.25) is 0 Å². The van der Waals surface area contributed by atoms with Gasteiger partial charge >= 0.3 is 5.97 Å². The fourth-order valence-corrected chi connectivity index (χ4v) is 2.01. The highest BCUT2D eigenvalue weighted by Crippen LogP contribution is 2.15. The number of carbonyl (C=O) groups excluding carboxylic acids is 1. The third-order valence-corrected chi connectivity index (χ3v) is 3.10. The molecular weight excluding hydrogens is 268 g/mol. The van der Waals surface area contributed by atoms with Gasteiger partial charge in [-0.3, -0.25) is 9.78 Å². The average Bonchev–Trinajstić information content (AvgIpc) is 2.46. The Hall–Kier alpha value is -2.69. The lowest BCUT2D eigenvalue weighted by Crippen LogP contribution is -2.13. The van der Waals surface area contributed by atoms with E-state index in [9.17, 15) is 9.59 Å². The van der Waals surface area contributed by atoms with E-state index < -0.39 is 5.97 Å². The molecular formula is C16H16N2O3. The third-order valence-electron chi connectivity index (χ3n) is 3.10. The van der Waals surface area contributed by atoms with Crippen molar-refractivity contribution in [3.8, 4) is 0 Å². The smallest absolute Gasteiger partial charge is 0.335 e. The number of aromatic carboxylic acids is 1. The second-order valence-corrected chi connectivity index (χ2v) is 4.74. The molecule has 0 aliphatic heterocycles. The second kappa shape index (κ2) is 6.65. The van der Waals surface area contributed by atoms with E-state index in [2.05, 4.69) is 10.3 Å². The van der Waals surface area contributed by atoms with Gasteiger partial charge in [0, 0.05) is 24.5 Å². The second-order valence-electron chi connectivity index (χ2n) is 4.74. The van der Waals surface area contributed by atoms with E-state index in [-0.39, 0.29) is 11.5 Å². The van der Waals surface area contributed by atoms with Crippen molar-refractivity contribution in [1.29, 1.82) is 0 Å². The summed E-state index contributed by atoms with van der Waals surface area (Å²) >= 11 is 0. The van der Waals surface area contributed by atoms with Crippen LogP contribution >= 0.6 is 0 Å². The molecule has 0 unspecified atom stereocenters. The lowest BCUT2D eigenvalue weighted by Gasteiger charge is -2.08. The number of aryl methyl sites for hydroxylation is 2. The van der Waals surface area contributed by atoms with Crippen molar-refractivity contribution in [3.63, 3.8) is 0 Å². The highest BCUT2D eigenvalue weighted by Gasteiger charge is 2.09. The summed E-state index contributed by atoms with van der Waals surface area (Å²) in [6, 6.07) is 8.51. The van der Waals surface area contributed by atoms with Crippen LogP contribution in [0.15, 0.2) is 42.7 Å². The monoisotopic (exact) mass is 284 g/mol. The zero-order valence-electron chi connectivity index (χ0n) is 11.7. The van der Waals surface area contributed by atoms with E-state index in [1.54, 1.807) is 31.5 Å². The number of benzene rings is 1. The van der Waals surface area contributed by atoms with Crippen molar-refractivity contribution in [2.45, 2.75) is 19.8 Å². The van der Waals surface area contributed by atoms with E-state index in [0.717, 1.165) is 5.56 Å². The summed E-state index contributed by atoms with van der Waals surface area (Å²) < 4.78 is 0. The molecule has 0 aliphatic carbocycles. The summed E-state index contributed by atoms with van der Waals surface area (Å²) in [5.41, 5.74) is 2.47. The molecule has 0 saturated heterocycles. The van der Waals surface area contributed by atoms with Crippen LogP contribution < -0.4 is 5.32 Å². The van der Waals surface area contributed by atoms with Crippen molar-refractivity contribution < 1.29 is 14.7 Å². The number of hydrogen-bond donors (Lipinski definition) is 2. The molecule has 0 atom stereocenters. The van der Waals surface area contributed by atoms with Crippen molar-refractivity contribution >= 4 is 17.6 Å². The van der Waals surface area contributed by atoms with Gasteiger partial charge in [-0.2, -0.15) is 0 Å². The number of nitrogens with one attached hydrogen (secondary N) is 1. The summed E-state index contributed by atoms with van der Waals surface area (Å²) in [4.78, 5) is 26.8. The molecule has 1 amide bonds. The van der Waals surface area contributed by atoms with Crippen molar-refractivity contribution in [1.82, 2.24) is 4.98 Å². The third kappa shape index (κ3) is 4.14. The maximum atomic E-state index is 11.9. The summed E-state index contributed by atoms with van der Waals surface area (Å²) in [5.74, 6) is -1.08. The first kappa shape index (κ1) is 14.7. The van der Waals surface area contributed by atoms with Crippen LogP contribution in [0.25, 0.3) is 0 Å². The summed E-state index contributed by atoms with van der Waals surface area (Å²) in [7, 11) is 0. The Morgan fingerprint density at radius 3 is 2.71 bits per heavy atom. The molecule has 5 nitrogen and oxygen atoms in total. The lowest BCUT2D eigenvalue weighted by atomic mass is 10.1. The van der Waals surface area contributed by atoms with E-state index in [0.29, 0.717) is 24.1 Å². The number of nitrogens with zero attached hydrogens (tertiary/aromatic N) is 1. The molecule has 2 aromatic rings. The molecule has 1 heterocycles. The van der Waals surface area contributed by atoms with Crippen molar-refractivity contribution in [2.75, 3.05) is 5.32 Å². The Balaban J connectivity index is 1.94. The minimum atomic E-state index is -0.970. The number of carboxylic acids is 1. The normalized spacial score (nSPS) is 10.1. The highest BCUT2D eigenvalue weighted by molar-refractivity contribution is 5.93. The molecule has 0 bridgehead atoms. The Bertz CT molecular complexity index is 654. The molecule has 21 heavy (non-hydrogen) atoms. The van der Waals surface area contributed by atoms with Gasteiger partial charge in [-0.1, -0.05) is 6.07 Å². The van der Waals surface area contributed by atoms with E-state index in [4.69, 9.17) is 5.11 Å². The molecule has 5 heteroatoms. The van der Waals surface area contributed by atoms with Gasteiger partial charge in [-0.25, -0.2) is 4.79 Å². The predicted molar refractivity (Wildman–Crippen MR) is 79.3 cm³/mol. The minimum Gasteiger partial charge on any atom is -0.478 e. The van der Waals surface area contributed by atoms with Gasteiger partial charge in [0.1, 0.15) is 0 Å². The largest absolute Gasteiger partial charge is 0.478 e. The van der Waals surface area contributed by atoms with Crippen LogP contribution in [0, 0.1) is 6.92 Å². The van der Waals surface area contributed by atoms with E-state index in [1.807, 2.05) is 12.1 Å². The van der Waals surface area contributed by atoms with Crippen LogP contribution in [-0.2, 0) is 11.2 Å². The van der Waals surface area contributed by atoms with Gasteiger partial charge in [0.15, 0.2) is 0 Å². The number of hydrogen-bond acceptors (Lipinski definition) is 3. The minimum absolute atomic E-state index is 0.110. The standard InChI is InChI=1S/C16H16N2O3/c1-11-9-13(5-6-14(11)16(20)21)18-15(19)7-4-12-3-2-8-17-10-12/h2-3,5-6,8-10H,4,7H2,1H3,(H,18,19)(H,20,21). The average molecular weight is 284 g/mol. The molecule has 0 aliphatic rings. The van der Waals surface area contributed by atoms with Crippen LogP contribution in [-0.4, -0.2) is 22.0 Å². The molecule has 1 aromatic heterocycles. The summed E-state index contributed by atoms with van der Waals surface area (Å²) in [5, 5.41) is 11.7. The predicted octanol–water partition coefficient (Wildman–Crippen LogP) is 2.66. The number of anilines is 1. The van der Waals surface area contributed by atoms with Crippen LogP contribution in [0.4, 0.5) is 5.69 Å². The topological polar surface area (TPSA) is 79.3 Å². The van der Waals surface area contributed by atoms with Gasteiger partial charge in [0.25, 0.3) is 0 Å². The first-order valence-corrected chi connectivity index (χ1v) is 6.59. The number of amides is 1. The molecule has 0 spiro atoms. The zero-order chi connectivity index (χ0) is 15.2. The number of pyridine rings is 1. The number of carbonyl (C=O) groups is 2.